The number of nitrogens with zero attached hydrogens (tertiary/aromatic N) is 2. The molecule has 1 aliphatic heterocycles. The van der Waals surface area contributed by atoms with Crippen LogP contribution in [-0.2, 0) is 21.9 Å². The molecule has 1 saturated heterocycles. The molecular formula is C27H24F6N2O2S. The Morgan fingerprint density at radius 2 is 1.74 bits per heavy atom. The number of ether oxygens (including phenoxy) is 1. The van der Waals surface area contributed by atoms with Gasteiger partial charge in [-0.05, 0) is 48.7 Å². The van der Waals surface area contributed by atoms with E-state index in [9.17, 15) is 31.1 Å². The number of aromatic nitrogens is 1. The van der Waals surface area contributed by atoms with Gasteiger partial charge in [0.15, 0.2) is 0 Å². The number of halogens is 6. The third kappa shape index (κ3) is 6.82. The summed E-state index contributed by atoms with van der Waals surface area (Å²) in [6.07, 6.45) is -6.43. The first-order chi connectivity index (χ1) is 17.9. The van der Waals surface area contributed by atoms with E-state index in [1.807, 2.05) is 30.3 Å². The van der Waals surface area contributed by atoms with Gasteiger partial charge in [0.2, 0.25) is 5.91 Å². The Morgan fingerprint density at radius 3 is 2.32 bits per heavy atom. The van der Waals surface area contributed by atoms with Crippen molar-refractivity contribution in [2.24, 2.45) is 0 Å². The lowest BCUT2D eigenvalue weighted by molar-refractivity contribution is -0.143. The van der Waals surface area contributed by atoms with Gasteiger partial charge in [-0.15, -0.1) is 11.3 Å². The third-order valence-electron chi connectivity index (χ3n) is 6.37. The first-order valence-electron chi connectivity index (χ1n) is 11.8. The smallest absolute Gasteiger partial charge is 0.370 e. The Morgan fingerprint density at radius 1 is 1.08 bits per heavy atom. The SMILES string of the molecule is C[C@@H](O[C@H]1CCN(C(=O)C=Cc2nccs2)C[C@H]1c1ccccc1)c1cc(C(F)(F)F)cc(C(F)(F)F)c1. The number of carbonyl (C=O) groups excluding carboxylic acids is 1. The number of rotatable bonds is 6. The van der Waals surface area contributed by atoms with Crippen molar-refractivity contribution in [3.05, 3.63) is 93.4 Å². The lowest BCUT2D eigenvalue weighted by atomic mass is 9.87. The van der Waals surface area contributed by atoms with Crippen molar-refractivity contribution >= 4 is 23.3 Å². The predicted molar refractivity (Wildman–Crippen MR) is 131 cm³/mol. The average Bonchev–Trinajstić information content (AvgIpc) is 3.40. The lowest BCUT2D eigenvalue weighted by Crippen LogP contribution is -2.45. The summed E-state index contributed by atoms with van der Waals surface area (Å²) in [5.74, 6) is -0.558. The zero-order valence-electron chi connectivity index (χ0n) is 20.2. The topological polar surface area (TPSA) is 42.4 Å². The summed E-state index contributed by atoms with van der Waals surface area (Å²) in [5, 5.41) is 2.48. The second-order valence-electron chi connectivity index (χ2n) is 8.95. The number of carbonyl (C=O) groups is 1. The fraction of sp³-hybridized carbons (Fsp3) is 0.333. The Bertz CT molecular complexity index is 1230. The van der Waals surface area contributed by atoms with E-state index in [-0.39, 0.29) is 30.0 Å². The molecule has 1 amide bonds. The molecule has 0 aliphatic carbocycles. The summed E-state index contributed by atoms with van der Waals surface area (Å²) in [6.45, 7) is 2.03. The Labute approximate surface area is 219 Å². The molecule has 1 aliphatic rings. The number of alkyl halides is 6. The van der Waals surface area contributed by atoms with Crippen LogP contribution in [0.5, 0.6) is 0 Å². The number of amides is 1. The number of hydrogen-bond donors (Lipinski definition) is 0. The van der Waals surface area contributed by atoms with Crippen molar-refractivity contribution in [1.82, 2.24) is 9.88 Å². The fourth-order valence-electron chi connectivity index (χ4n) is 4.43. The Balaban J connectivity index is 1.57. The second-order valence-corrected chi connectivity index (χ2v) is 9.88. The molecule has 2 aromatic carbocycles. The molecule has 0 saturated carbocycles. The van der Waals surface area contributed by atoms with Gasteiger partial charge in [-0.3, -0.25) is 4.79 Å². The first-order valence-corrected chi connectivity index (χ1v) is 12.7. The van der Waals surface area contributed by atoms with Gasteiger partial charge in [0, 0.05) is 36.7 Å². The summed E-state index contributed by atoms with van der Waals surface area (Å²) in [6, 6.07) is 10.7. The molecule has 38 heavy (non-hydrogen) atoms. The Kier molecular flexibility index (Phi) is 8.27. The van der Waals surface area contributed by atoms with Crippen molar-refractivity contribution < 1.29 is 35.9 Å². The highest BCUT2D eigenvalue weighted by Gasteiger charge is 2.38. The minimum absolute atomic E-state index is 0.103. The molecule has 1 aromatic heterocycles. The van der Waals surface area contributed by atoms with Crippen molar-refractivity contribution in [1.29, 1.82) is 0 Å². The highest BCUT2D eigenvalue weighted by Crippen LogP contribution is 2.39. The van der Waals surface area contributed by atoms with Gasteiger partial charge < -0.3 is 9.64 Å². The van der Waals surface area contributed by atoms with E-state index in [0.29, 0.717) is 30.1 Å². The summed E-state index contributed by atoms with van der Waals surface area (Å²) in [5.41, 5.74) is -2.13. The van der Waals surface area contributed by atoms with E-state index < -0.39 is 35.7 Å². The van der Waals surface area contributed by atoms with Crippen LogP contribution < -0.4 is 0 Å². The monoisotopic (exact) mass is 554 g/mol. The average molecular weight is 555 g/mol. The molecule has 0 bridgehead atoms. The summed E-state index contributed by atoms with van der Waals surface area (Å²) in [7, 11) is 0. The molecule has 202 valence electrons. The minimum atomic E-state index is -4.94. The maximum atomic E-state index is 13.4. The highest BCUT2D eigenvalue weighted by atomic mass is 32.1. The molecule has 3 atom stereocenters. The van der Waals surface area contributed by atoms with E-state index in [0.717, 1.165) is 5.56 Å². The third-order valence-corrected chi connectivity index (χ3v) is 7.11. The fourth-order valence-corrected chi connectivity index (χ4v) is 4.96. The molecule has 4 nitrogen and oxygen atoms in total. The standard InChI is InChI=1S/C27H24F6N2O2S/c1-17(19-13-20(26(28,29)30)15-21(14-19)27(31,32)33)37-23-9-11-35(16-22(23)18-5-3-2-4-6-18)25(36)8-7-24-34-10-12-38-24/h2-8,10,12-15,17,22-23H,9,11,16H2,1H3/t17-,22+,23+/m1/s1. The second kappa shape index (κ2) is 11.3. The number of benzene rings is 2. The van der Waals surface area contributed by atoms with Crippen LogP contribution in [0.1, 0.15) is 52.6 Å². The van der Waals surface area contributed by atoms with Crippen LogP contribution in [0, 0.1) is 0 Å². The van der Waals surface area contributed by atoms with Gasteiger partial charge in [-0.25, -0.2) is 4.98 Å². The molecule has 0 unspecified atom stereocenters. The number of hydrogen-bond acceptors (Lipinski definition) is 4. The minimum Gasteiger partial charge on any atom is -0.370 e. The molecule has 0 N–H and O–H groups in total. The Hall–Kier alpha value is -3.18. The van der Waals surface area contributed by atoms with Crippen molar-refractivity contribution in [2.75, 3.05) is 13.1 Å². The lowest BCUT2D eigenvalue weighted by Gasteiger charge is -2.39. The predicted octanol–water partition coefficient (Wildman–Crippen LogP) is 7.36. The first kappa shape index (κ1) is 27.8. The molecule has 0 spiro atoms. The zero-order valence-corrected chi connectivity index (χ0v) is 21.0. The summed E-state index contributed by atoms with van der Waals surface area (Å²) in [4.78, 5) is 18.6. The number of piperidine rings is 1. The summed E-state index contributed by atoms with van der Waals surface area (Å²) >= 11 is 1.39. The van der Waals surface area contributed by atoms with E-state index in [1.165, 1.54) is 24.3 Å². The maximum Gasteiger partial charge on any atom is 0.416 e. The van der Waals surface area contributed by atoms with Gasteiger partial charge in [0.1, 0.15) is 5.01 Å². The van der Waals surface area contributed by atoms with E-state index in [4.69, 9.17) is 4.74 Å². The van der Waals surface area contributed by atoms with E-state index >= 15 is 0 Å². The van der Waals surface area contributed by atoms with Crippen molar-refractivity contribution in [3.8, 4) is 0 Å². The van der Waals surface area contributed by atoms with Crippen LogP contribution in [0.3, 0.4) is 0 Å². The zero-order chi connectivity index (χ0) is 27.5. The highest BCUT2D eigenvalue weighted by molar-refractivity contribution is 7.10. The van der Waals surface area contributed by atoms with Crippen LogP contribution in [-0.4, -0.2) is 35.0 Å². The summed E-state index contributed by atoms with van der Waals surface area (Å²) < 4.78 is 86.3. The van der Waals surface area contributed by atoms with Crippen molar-refractivity contribution in [3.63, 3.8) is 0 Å². The van der Waals surface area contributed by atoms with E-state index in [1.54, 1.807) is 22.6 Å². The van der Waals surface area contributed by atoms with E-state index in [2.05, 4.69) is 4.98 Å². The molecular weight excluding hydrogens is 530 g/mol. The molecule has 1 fully saturated rings. The largest absolute Gasteiger partial charge is 0.416 e. The van der Waals surface area contributed by atoms with Gasteiger partial charge >= 0.3 is 12.4 Å². The molecule has 3 aromatic rings. The molecule has 2 heterocycles. The van der Waals surface area contributed by atoms with Gasteiger partial charge in [-0.1, -0.05) is 30.3 Å². The normalized spacial score (nSPS) is 19.6. The van der Waals surface area contributed by atoms with Gasteiger partial charge in [-0.2, -0.15) is 26.3 Å². The van der Waals surface area contributed by atoms with Crippen LogP contribution in [0.2, 0.25) is 0 Å². The van der Waals surface area contributed by atoms with Crippen molar-refractivity contribution in [2.45, 2.75) is 43.8 Å². The van der Waals surface area contributed by atoms with Gasteiger partial charge in [0.05, 0.1) is 23.3 Å². The van der Waals surface area contributed by atoms with Crippen LogP contribution in [0.15, 0.2) is 66.2 Å². The number of likely N-dealkylation sites (tertiary alicyclic amines) is 1. The molecule has 4 rings (SSSR count). The van der Waals surface area contributed by atoms with Crippen LogP contribution >= 0.6 is 11.3 Å². The van der Waals surface area contributed by atoms with Crippen LogP contribution in [0.4, 0.5) is 26.3 Å². The maximum absolute atomic E-state index is 13.4. The quantitative estimate of drug-likeness (QED) is 0.236. The molecule has 11 heteroatoms. The molecule has 0 radical (unpaired) electrons. The van der Waals surface area contributed by atoms with Gasteiger partial charge in [0.25, 0.3) is 0 Å². The van der Waals surface area contributed by atoms with Crippen LogP contribution in [0.25, 0.3) is 6.08 Å². The number of thiazole rings is 1.